The normalized spacial score (nSPS) is 15.3. The molecule has 2 heterocycles. The first kappa shape index (κ1) is 10.9. The van der Waals surface area contributed by atoms with Crippen molar-refractivity contribution in [2.45, 2.75) is 26.3 Å². The Kier molecular flexibility index (Phi) is 2.58. The van der Waals surface area contributed by atoms with E-state index in [4.69, 9.17) is 4.74 Å². The number of carbonyl (C=O) groups excluding carboxylic acids is 1. The Labute approximate surface area is 95.2 Å². The Morgan fingerprint density at radius 2 is 2.25 bits per heavy atom. The molecule has 0 spiro atoms. The number of ether oxygens (including phenoxy) is 1. The number of hydrogen-bond acceptors (Lipinski definition) is 4. The van der Waals surface area contributed by atoms with E-state index in [0.29, 0.717) is 12.3 Å². The van der Waals surface area contributed by atoms with Gasteiger partial charge in [-0.2, -0.15) is 0 Å². The highest BCUT2D eigenvalue weighted by atomic mass is 16.5. The fourth-order valence-corrected chi connectivity index (χ4v) is 1.90. The summed E-state index contributed by atoms with van der Waals surface area (Å²) in [4.78, 5) is 17.0. The van der Waals surface area contributed by atoms with Crippen LogP contribution in [0.2, 0.25) is 0 Å². The summed E-state index contributed by atoms with van der Waals surface area (Å²) in [5.41, 5.74) is 1.41. The third kappa shape index (κ3) is 1.87. The van der Waals surface area contributed by atoms with Gasteiger partial charge < -0.3 is 9.64 Å². The van der Waals surface area contributed by atoms with Crippen molar-refractivity contribution in [3.05, 3.63) is 18.0 Å². The molecule has 0 atom stereocenters. The van der Waals surface area contributed by atoms with Gasteiger partial charge >= 0.3 is 0 Å². The van der Waals surface area contributed by atoms with Gasteiger partial charge in [0, 0.05) is 5.54 Å². The minimum Gasteiger partial charge on any atom is -0.488 e. The Morgan fingerprint density at radius 3 is 2.88 bits per heavy atom. The zero-order valence-corrected chi connectivity index (χ0v) is 9.86. The quantitative estimate of drug-likeness (QED) is 0.678. The molecule has 0 saturated heterocycles. The van der Waals surface area contributed by atoms with E-state index in [1.807, 2.05) is 0 Å². The van der Waals surface area contributed by atoms with Crippen LogP contribution in [0.15, 0.2) is 12.3 Å². The van der Waals surface area contributed by atoms with Gasteiger partial charge in [0.15, 0.2) is 12.0 Å². The number of aromatic nitrogens is 1. The topological polar surface area (TPSA) is 42.4 Å². The zero-order chi connectivity index (χ0) is 11.8. The average molecular weight is 220 g/mol. The van der Waals surface area contributed by atoms with Gasteiger partial charge in [-0.05, 0) is 26.8 Å². The van der Waals surface area contributed by atoms with Crippen molar-refractivity contribution in [2.24, 2.45) is 0 Å². The second-order valence-electron chi connectivity index (χ2n) is 4.87. The van der Waals surface area contributed by atoms with E-state index in [0.717, 1.165) is 24.3 Å². The maximum atomic E-state index is 10.7. The Bertz CT molecular complexity index is 410. The molecule has 0 aliphatic carbocycles. The van der Waals surface area contributed by atoms with Crippen LogP contribution >= 0.6 is 0 Å². The zero-order valence-electron chi connectivity index (χ0n) is 9.86. The van der Waals surface area contributed by atoms with Gasteiger partial charge in [-0.1, -0.05) is 0 Å². The van der Waals surface area contributed by atoms with Gasteiger partial charge in [0.05, 0.1) is 18.4 Å². The highest BCUT2D eigenvalue weighted by Crippen LogP contribution is 2.35. The molecule has 0 unspecified atom stereocenters. The molecule has 86 valence electrons. The van der Waals surface area contributed by atoms with Gasteiger partial charge in [-0.3, -0.25) is 4.79 Å². The molecule has 4 heteroatoms. The van der Waals surface area contributed by atoms with Crippen LogP contribution < -0.4 is 9.64 Å². The number of nitrogens with zero attached hydrogens (tertiary/aromatic N) is 2. The van der Waals surface area contributed by atoms with Gasteiger partial charge in [0.25, 0.3) is 0 Å². The maximum Gasteiger partial charge on any atom is 0.168 e. The monoisotopic (exact) mass is 220 g/mol. The lowest BCUT2D eigenvalue weighted by molar-refractivity contribution is 0.111. The van der Waals surface area contributed by atoms with Gasteiger partial charge in [-0.15, -0.1) is 0 Å². The third-order valence-electron chi connectivity index (χ3n) is 2.66. The maximum absolute atomic E-state index is 10.7. The summed E-state index contributed by atoms with van der Waals surface area (Å²) in [6, 6.07) is 1.78. The molecule has 0 fully saturated rings. The number of hydrogen-bond donors (Lipinski definition) is 0. The summed E-state index contributed by atoms with van der Waals surface area (Å²) in [5, 5.41) is 0. The molecule has 1 aliphatic rings. The predicted octanol–water partition coefficient (Wildman–Crippen LogP) is 1.89. The molecule has 0 bridgehead atoms. The van der Waals surface area contributed by atoms with Crippen LogP contribution in [0.1, 0.15) is 31.3 Å². The first-order chi connectivity index (χ1) is 7.52. The fourth-order valence-electron chi connectivity index (χ4n) is 1.90. The largest absolute Gasteiger partial charge is 0.488 e. The molecular weight excluding hydrogens is 204 g/mol. The molecule has 0 amide bonds. The van der Waals surface area contributed by atoms with E-state index in [2.05, 4.69) is 30.7 Å². The number of anilines is 1. The predicted molar refractivity (Wildman–Crippen MR) is 62.2 cm³/mol. The second-order valence-corrected chi connectivity index (χ2v) is 4.87. The highest BCUT2D eigenvalue weighted by molar-refractivity contribution is 5.76. The van der Waals surface area contributed by atoms with Crippen molar-refractivity contribution in [3.63, 3.8) is 0 Å². The molecule has 0 N–H and O–H groups in total. The molecule has 0 radical (unpaired) electrons. The minimum absolute atomic E-state index is 0.0139. The molecule has 16 heavy (non-hydrogen) atoms. The van der Waals surface area contributed by atoms with E-state index < -0.39 is 0 Å². The molecule has 1 aliphatic heterocycles. The molecule has 4 nitrogen and oxygen atoms in total. The van der Waals surface area contributed by atoms with Crippen molar-refractivity contribution in [1.82, 2.24) is 4.98 Å². The Morgan fingerprint density at radius 1 is 1.50 bits per heavy atom. The summed E-state index contributed by atoms with van der Waals surface area (Å²) in [6.07, 6.45) is 2.38. The first-order valence-corrected chi connectivity index (χ1v) is 5.38. The molecule has 0 saturated carbocycles. The average Bonchev–Trinajstić information content (AvgIpc) is 2.26. The lowest BCUT2D eigenvalue weighted by Crippen LogP contribution is -2.46. The lowest BCUT2D eigenvalue weighted by atomic mass is 10.0. The number of rotatable bonds is 1. The van der Waals surface area contributed by atoms with Crippen LogP contribution in [-0.4, -0.2) is 30.0 Å². The SMILES string of the molecule is CC(C)(C)N1CCOc2cnc(C=O)cc21. The Hall–Kier alpha value is -1.58. The van der Waals surface area contributed by atoms with Crippen LogP contribution in [0.3, 0.4) is 0 Å². The van der Waals surface area contributed by atoms with E-state index >= 15 is 0 Å². The minimum atomic E-state index is 0.0139. The molecule has 1 aromatic heterocycles. The van der Waals surface area contributed by atoms with Crippen LogP contribution in [0, 0.1) is 0 Å². The Balaban J connectivity index is 2.47. The van der Waals surface area contributed by atoms with Crippen molar-refractivity contribution in [1.29, 1.82) is 0 Å². The second kappa shape index (κ2) is 3.77. The van der Waals surface area contributed by atoms with E-state index in [1.54, 1.807) is 12.3 Å². The van der Waals surface area contributed by atoms with Crippen LogP contribution in [0.5, 0.6) is 5.75 Å². The summed E-state index contributed by atoms with van der Waals surface area (Å²) < 4.78 is 5.53. The number of pyridine rings is 1. The van der Waals surface area contributed by atoms with Gasteiger partial charge in [0.2, 0.25) is 0 Å². The molecule has 1 aromatic rings. The summed E-state index contributed by atoms with van der Waals surface area (Å²) in [6.45, 7) is 7.92. The van der Waals surface area contributed by atoms with E-state index in [1.165, 1.54) is 0 Å². The van der Waals surface area contributed by atoms with Crippen molar-refractivity contribution in [2.75, 3.05) is 18.1 Å². The van der Waals surface area contributed by atoms with Crippen LogP contribution in [0.4, 0.5) is 5.69 Å². The van der Waals surface area contributed by atoms with E-state index in [9.17, 15) is 4.79 Å². The van der Waals surface area contributed by atoms with Crippen LogP contribution in [-0.2, 0) is 0 Å². The summed E-state index contributed by atoms with van der Waals surface area (Å²) in [7, 11) is 0. The summed E-state index contributed by atoms with van der Waals surface area (Å²) in [5.74, 6) is 0.756. The number of fused-ring (bicyclic) bond motifs is 1. The lowest BCUT2D eigenvalue weighted by Gasteiger charge is -2.41. The van der Waals surface area contributed by atoms with E-state index in [-0.39, 0.29) is 5.54 Å². The van der Waals surface area contributed by atoms with Gasteiger partial charge in [0.1, 0.15) is 12.3 Å². The highest BCUT2D eigenvalue weighted by Gasteiger charge is 2.27. The molecule has 2 rings (SSSR count). The summed E-state index contributed by atoms with van der Waals surface area (Å²) >= 11 is 0. The van der Waals surface area contributed by atoms with Crippen LogP contribution in [0.25, 0.3) is 0 Å². The van der Waals surface area contributed by atoms with Crippen molar-refractivity contribution in [3.8, 4) is 5.75 Å². The fraction of sp³-hybridized carbons (Fsp3) is 0.500. The standard InChI is InChI=1S/C12H16N2O2/c1-12(2,3)14-4-5-16-11-7-13-9(8-15)6-10(11)14/h6-8H,4-5H2,1-3H3. The molecular formula is C12H16N2O2. The molecule has 0 aromatic carbocycles. The third-order valence-corrected chi connectivity index (χ3v) is 2.66. The smallest absolute Gasteiger partial charge is 0.168 e. The van der Waals surface area contributed by atoms with Gasteiger partial charge in [-0.25, -0.2) is 4.98 Å². The number of carbonyl (C=O) groups is 1. The number of aldehydes is 1. The van der Waals surface area contributed by atoms with Crippen molar-refractivity contribution >= 4 is 12.0 Å². The first-order valence-electron chi connectivity index (χ1n) is 5.38. The van der Waals surface area contributed by atoms with Crippen molar-refractivity contribution < 1.29 is 9.53 Å².